The molecule has 0 radical (unpaired) electrons. The van der Waals surface area contributed by atoms with Gasteiger partial charge >= 0.3 is 0 Å². The van der Waals surface area contributed by atoms with Crippen molar-refractivity contribution in [2.75, 3.05) is 0 Å². The molecule has 15 heavy (non-hydrogen) atoms. The second kappa shape index (κ2) is 3.91. The van der Waals surface area contributed by atoms with Gasteiger partial charge in [-0.2, -0.15) is 5.10 Å². The Morgan fingerprint density at radius 2 is 2.07 bits per heavy atom. The molecule has 1 aromatic carbocycles. The van der Waals surface area contributed by atoms with Crippen LogP contribution in [0.25, 0.3) is 11.4 Å². The number of hydrogen-bond donors (Lipinski definition) is 2. The molecule has 0 bridgehead atoms. The van der Waals surface area contributed by atoms with Gasteiger partial charge in [-0.1, -0.05) is 30.3 Å². The van der Waals surface area contributed by atoms with E-state index in [4.69, 9.17) is 5.73 Å². The lowest BCUT2D eigenvalue weighted by Crippen LogP contribution is -2.14. The van der Waals surface area contributed by atoms with Crippen LogP contribution in [-0.4, -0.2) is 21.1 Å². The smallest absolute Gasteiger partial charge is 0.225 e. The maximum atomic E-state index is 10.6. The summed E-state index contributed by atoms with van der Waals surface area (Å²) in [5.41, 5.74) is 5.95. The molecular formula is C10H10N4O. The Bertz CT molecular complexity index is 463. The zero-order valence-corrected chi connectivity index (χ0v) is 7.97. The van der Waals surface area contributed by atoms with Crippen LogP contribution in [0.5, 0.6) is 0 Å². The fourth-order valence-electron chi connectivity index (χ4n) is 1.26. The molecule has 0 saturated carbocycles. The number of nitrogens with one attached hydrogen (secondary N) is 1. The van der Waals surface area contributed by atoms with Crippen LogP contribution in [0.1, 0.15) is 5.82 Å². The minimum Gasteiger partial charge on any atom is -0.369 e. The van der Waals surface area contributed by atoms with E-state index in [1.165, 1.54) is 0 Å². The Morgan fingerprint density at radius 3 is 2.73 bits per heavy atom. The molecule has 5 nitrogen and oxygen atoms in total. The fourth-order valence-corrected chi connectivity index (χ4v) is 1.26. The Hall–Kier alpha value is -2.17. The van der Waals surface area contributed by atoms with Gasteiger partial charge < -0.3 is 5.73 Å². The van der Waals surface area contributed by atoms with Gasteiger partial charge in [0.1, 0.15) is 5.82 Å². The van der Waals surface area contributed by atoms with Crippen LogP contribution in [0.4, 0.5) is 0 Å². The lowest BCUT2D eigenvalue weighted by atomic mass is 10.2. The van der Waals surface area contributed by atoms with Gasteiger partial charge in [-0.25, -0.2) is 4.98 Å². The zero-order valence-electron chi connectivity index (χ0n) is 7.97. The van der Waals surface area contributed by atoms with Crippen LogP contribution in [0.2, 0.25) is 0 Å². The number of nitrogens with zero attached hydrogens (tertiary/aromatic N) is 2. The van der Waals surface area contributed by atoms with Crippen molar-refractivity contribution in [1.82, 2.24) is 15.2 Å². The maximum Gasteiger partial charge on any atom is 0.225 e. The molecule has 0 fully saturated rings. The number of benzene rings is 1. The largest absolute Gasteiger partial charge is 0.369 e. The van der Waals surface area contributed by atoms with E-state index < -0.39 is 5.91 Å². The standard InChI is InChI=1S/C10H10N4O/c11-8(15)6-9-12-10(14-13-9)7-4-2-1-3-5-7/h1-5H,6H2,(H2,11,15)(H,12,13,14). The van der Waals surface area contributed by atoms with Gasteiger partial charge in [0, 0.05) is 5.56 Å². The highest BCUT2D eigenvalue weighted by Gasteiger charge is 2.06. The quantitative estimate of drug-likeness (QED) is 0.760. The van der Waals surface area contributed by atoms with E-state index in [9.17, 15) is 4.79 Å². The molecule has 0 aliphatic carbocycles. The molecule has 5 heteroatoms. The molecule has 1 amide bonds. The third kappa shape index (κ3) is 2.19. The Kier molecular flexibility index (Phi) is 2.45. The highest BCUT2D eigenvalue weighted by Crippen LogP contribution is 2.13. The van der Waals surface area contributed by atoms with Crippen LogP contribution in [0, 0.1) is 0 Å². The summed E-state index contributed by atoms with van der Waals surface area (Å²) in [6.45, 7) is 0. The van der Waals surface area contributed by atoms with Crippen molar-refractivity contribution in [3.05, 3.63) is 36.2 Å². The van der Waals surface area contributed by atoms with Gasteiger partial charge in [-0.15, -0.1) is 0 Å². The highest BCUT2D eigenvalue weighted by atomic mass is 16.1. The lowest BCUT2D eigenvalue weighted by Gasteiger charge is -1.91. The van der Waals surface area contributed by atoms with E-state index in [2.05, 4.69) is 15.2 Å². The highest BCUT2D eigenvalue weighted by molar-refractivity contribution is 5.75. The molecular weight excluding hydrogens is 192 g/mol. The Labute approximate surface area is 86.3 Å². The minimum atomic E-state index is -0.425. The molecule has 1 aromatic heterocycles. The van der Waals surface area contributed by atoms with Crippen LogP contribution < -0.4 is 5.73 Å². The van der Waals surface area contributed by atoms with Gasteiger partial charge in [0.05, 0.1) is 6.42 Å². The molecule has 1 heterocycles. The topological polar surface area (TPSA) is 84.7 Å². The summed E-state index contributed by atoms with van der Waals surface area (Å²) in [7, 11) is 0. The number of rotatable bonds is 3. The second-order valence-electron chi connectivity index (χ2n) is 3.11. The SMILES string of the molecule is NC(=O)Cc1nc(-c2ccccc2)n[nH]1. The molecule has 2 aromatic rings. The van der Waals surface area contributed by atoms with E-state index in [0.717, 1.165) is 5.56 Å². The van der Waals surface area contributed by atoms with Gasteiger partial charge in [-0.3, -0.25) is 9.89 Å². The number of carbonyl (C=O) groups excluding carboxylic acids is 1. The average molecular weight is 202 g/mol. The second-order valence-corrected chi connectivity index (χ2v) is 3.11. The normalized spacial score (nSPS) is 10.1. The fraction of sp³-hybridized carbons (Fsp3) is 0.100. The number of amides is 1. The third-order valence-electron chi connectivity index (χ3n) is 1.91. The first-order chi connectivity index (χ1) is 7.25. The molecule has 2 rings (SSSR count). The Morgan fingerprint density at radius 1 is 1.33 bits per heavy atom. The molecule has 0 spiro atoms. The lowest BCUT2D eigenvalue weighted by molar-refractivity contribution is -0.117. The van der Waals surface area contributed by atoms with E-state index >= 15 is 0 Å². The van der Waals surface area contributed by atoms with Crippen molar-refractivity contribution in [1.29, 1.82) is 0 Å². The van der Waals surface area contributed by atoms with Gasteiger partial charge in [-0.05, 0) is 0 Å². The van der Waals surface area contributed by atoms with Gasteiger partial charge in [0.15, 0.2) is 5.82 Å². The number of aromatic amines is 1. The first-order valence-electron chi connectivity index (χ1n) is 4.51. The van der Waals surface area contributed by atoms with Crippen LogP contribution in [-0.2, 0) is 11.2 Å². The van der Waals surface area contributed by atoms with E-state index in [-0.39, 0.29) is 6.42 Å². The van der Waals surface area contributed by atoms with Crippen LogP contribution in [0.3, 0.4) is 0 Å². The predicted octanol–water partition coefficient (Wildman–Crippen LogP) is 0.500. The van der Waals surface area contributed by atoms with Crippen molar-refractivity contribution in [3.63, 3.8) is 0 Å². The van der Waals surface area contributed by atoms with E-state index in [1.54, 1.807) is 0 Å². The first kappa shape index (κ1) is 9.39. The summed E-state index contributed by atoms with van der Waals surface area (Å²) in [6.07, 6.45) is 0.0832. The average Bonchev–Trinajstić information content (AvgIpc) is 2.67. The number of hydrogen-bond acceptors (Lipinski definition) is 3. The van der Waals surface area contributed by atoms with E-state index in [1.807, 2.05) is 30.3 Å². The molecule has 0 aliphatic rings. The van der Waals surface area contributed by atoms with Crippen molar-refractivity contribution < 1.29 is 4.79 Å². The summed E-state index contributed by atoms with van der Waals surface area (Å²) in [6, 6.07) is 9.52. The summed E-state index contributed by atoms with van der Waals surface area (Å²) < 4.78 is 0. The molecule has 0 aliphatic heterocycles. The number of aromatic nitrogens is 3. The van der Waals surface area contributed by atoms with Gasteiger partial charge in [0.25, 0.3) is 0 Å². The van der Waals surface area contributed by atoms with Gasteiger partial charge in [0.2, 0.25) is 5.91 Å². The summed E-state index contributed by atoms with van der Waals surface area (Å²) >= 11 is 0. The first-order valence-corrected chi connectivity index (χ1v) is 4.51. The summed E-state index contributed by atoms with van der Waals surface area (Å²) in [5.74, 6) is 0.638. The van der Waals surface area contributed by atoms with Crippen LogP contribution >= 0.6 is 0 Å². The molecule has 0 saturated heterocycles. The molecule has 0 atom stereocenters. The third-order valence-corrected chi connectivity index (χ3v) is 1.91. The van der Waals surface area contributed by atoms with Crippen molar-refractivity contribution in [2.45, 2.75) is 6.42 Å². The number of carbonyl (C=O) groups is 1. The maximum absolute atomic E-state index is 10.6. The predicted molar refractivity (Wildman–Crippen MR) is 54.7 cm³/mol. The Balaban J connectivity index is 2.24. The molecule has 0 unspecified atom stereocenters. The minimum absolute atomic E-state index is 0.0832. The number of H-pyrrole nitrogens is 1. The number of nitrogens with two attached hydrogens (primary N) is 1. The summed E-state index contributed by atoms with van der Waals surface area (Å²) in [4.78, 5) is 14.8. The molecule has 3 N–H and O–H groups in total. The monoisotopic (exact) mass is 202 g/mol. The zero-order chi connectivity index (χ0) is 10.7. The number of primary amides is 1. The molecule has 76 valence electrons. The van der Waals surface area contributed by atoms with Crippen LogP contribution in [0.15, 0.2) is 30.3 Å². The van der Waals surface area contributed by atoms with E-state index in [0.29, 0.717) is 11.6 Å². The summed E-state index contributed by atoms with van der Waals surface area (Å²) in [5, 5.41) is 6.67. The van der Waals surface area contributed by atoms with Crippen molar-refractivity contribution in [3.8, 4) is 11.4 Å². The van der Waals surface area contributed by atoms with Crippen molar-refractivity contribution in [2.24, 2.45) is 5.73 Å². The van der Waals surface area contributed by atoms with Crippen molar-refractivity contribution >= 4 is 5.91 Å².